The fourth-order valence-corrected chi connectivity index (χ4v) is 5.92. The average molecular weight is 479 g/mol. The minimum atomic E-state index is -0.194. The van der Waals surface area contributed by atoms with E-state index in [9.17, 15) is 9.59 Å². The quantitative estimate of drug-likeness (QED) is 0.253. The van der Waals surface area contributed by atoms with Crippen LogP contribution in [0.1, 0.15) is 10.6 Å². The van der Waals surface area contributed by atoms with E-state index in [0.717, 1.165) is 32.0 Å². The van der Waals surface area contributed by atoms with E-state index < -0.39 is 0 Å². The Hall–Kier alpha value is -3.01. The molecule has 0 atom stereocenters. The van der Waals surface area contributed by atoms with Crippen LogP contribution >= 0.6 is 34.4 Å². The molecule has 0 spiro atoms. The van der Waals surface area contributed by atoms with Gasteiger partial charge in [0.2, 0.25) is 5.91 Å². The van der Waals surface area contributed by atoms with Gasteiger partial charge in [-0.3, -0.25) is 9.59 Å². The average Bonchev–Trinajstić information content (AvgIpc) is 3.35. The molecule has 32 heavy (non-hydrogen) atoms. The summed E-state index contributed by atoms with van der Waals surface area (Å²) in [5.41, 5.74) is 4.49. The SMILES string of the molecule is Cc1ccc(-c2csc3nc(SCC(=O)Nc4ccc5nc(C)sc5c4)[nH]c(=O)c23)cc1. The molecule has 160 valence electrons. The first-order valence-corrected chi connectivity index (χ1v) is 12.5. The summed E-state index contributed by atoms with van der Waals surface area (Å²) in [6, 6.07) is 13.7. The molecule has 1 amide bonds. The third-order valence-electron chi connectivity index (χ3n) is 4.90. The summed E-state index contributed by atoms with van der Waals surface area (Å²) in [5.74, 6) is -0.0189. The normalized spacial score (nSPS) is 11.3. The van der Waals surface area contributed by atoms with Crippen molar-refractivity contribution in [3.05, 3.63) is 68.8 Å². The predicted octanol–water partition coefficient (Wildman–Crippen LogP) is 5.61. The number of hydrogen-bond donors (Lipinski definition) is 2. The molecule has 0 bridgehead atoms. The van der Waals surface area contributed by atoms with Crippen molar-refractivity contribution in [1.29, 1.82) is 0 Å². The Morgan fingerprint density at radius 1 is 1.12 bits per heavy atom. The number of benzene rings is 2. The van der Waals surface area contributed by atoms with Crippen molar-refractivity contribution in [3.63, 3.8) is 0 Å². The van der Waals surface area contributed by atoms with E-state index >= 15 is 0 Å². The lowest BCUT2D eigenvalue weighted by molar-refractivity contribution is -0.113. The molecule has 2 aromatic carbocycles. The van der Waals surface area contributed by atoms with Crippen LogP contribution in [-0.4, -0.2) is 26.6 Å². The Labute approximate surface area is 195 Å². The lowest BCUT2D eigenvalue weighted by Gasteiger charge is -2.05. The van der Waals surface area contributed by atoms with E-state index in [0.29, 0.717) is 15.4 Å². The maximum absolute atomic E-state index is 12.8. The van der Waals surface area contributed by atoms with Crippen LogP contribution in [-0.2, 0) is 4.79 Å². The highest BCUT2D eigenvalue weighted by Gasteiger charge is 2.14. The molecule has 0 saturated carbocycles. The van der Waals surface area contributed by atoms with Gasteiger partial charge in [0.1, 0.15) is 4.83 Å². The fraction of sp³-hybridized carbons (Fsp3) is 0.130. The molecule has 3 heterocycles. The molecule has 0 aliphatic heterocycles. The number of carbonyl (C=O) groups is 1. The van der Waals surface area contributed by atoms with Gasteiger partial charge < -0.3 is 10.3 Å². The van der Waals surface area contributed by atoms with Gasteiger partial charge in [0.05, 0.1) is 26.4 Å². The number of nitrogens with one attached hydrogen (secondary N) is 2. The van der Waals surface area contributed by atoms with E-state index in [2.05, 4.69) is 20.3 Å². The molecule has 0 saturated heterocycles. The minimum Gasteiger partial charge on any atom is -0.325 e. The Morgan fingerprint density at radius 3 is 2.75 bits per heavy atom. The number of fused-ring (bicyclic) bond motifs is 2. The van der Waals surface area contributed by atoms with Crippen LogP contribution in [0, 0.1) is 13.8 Å². The van der Waals surface area contributed by atoms with Crippen LogP contribution in [0.5, 0.6) is 0 Å². The van der Waals surface area contributed by atoms with Gasteiger partial charge in [-0.25, -0.2) is 9.97 Å². The number of H-pyrrole nitrogens is 1. The van der Waals surface area contributed by atoms with Gasteiger partial charge in [-0.05, 0) is 37.6 Å². The van der Waals surface area contributed by atoms with E-state index in [1.807, 2.05) is 61.7 Å². The van der Waals surface area contributed by atoms with Crippen molar-refractivity contribution in [3.8, 4) is 11.1 Å². The van der Waals surface area contributed by atoms with Gasteiger partial charge in [-0.2, -0.15) is 0 Å². The van der Waals surface area contributed by atoms with Crippen LogP contribution < -0.4 is 10.9 Å². The molecule has 0 aliphatic rings. The van der Waals surface area contributed by atoms with Gasteiger partial charge in [0, 0.05) is 16.6 Å². The highest BCUT2D eigenvalue weighted by Crippen LogP contribution is 2.31. The first kappa shape index (κ1) is 20.9. The van der Waals surface area contributed by atoms with Crippen LogP contribution in [0.2, 0.25) is 0 Å². The summed E-state index contributed by atoms with van der Waals surface area (Å²) >= 11 is 4.23. The van der Waals surface area contributed by atoms with Crippen molar-refractivity contribution in [2.24, 2.45) is 0 Å². The fourth-order valence-electron chi connectivity index (χ4n) is 3.39. The van der Waals surface area contributed by atoms with Crippen LogP contribution in [0.15, 0.2) is 57.8 Å². The van der Waals surface area contributed by atoms with Gasteiger partial charge in [0.25, 0.3) is 5.56 Å². The van der Waals surface area contributed by atoms with Gasteiger partial charge in [-0.1, -0.05) is 41.6 Å². The number of aromatic amines is 1. The first-order chi connectivity index (χ1) is 15.5. The zero-order valence-corrected chi connectivity index (χ0v) is 19.7. The van der Waals surface area contributed by atoms with Crippen molar-refractivity contribution in [2.75, 3.05) is 11.1 Å². The first-order valence-electron chi connectivity index (χ1n) is 9.85. The third-order valence-corrected chi connectivity index (χ3v) is 7.58. The number of carbonyl (C=O) groups excluding carboxylic acids is 1. The third kappa shape index (κ3) is 4.19. The second-order valence-corrected chi connectivity index (χ2v) is 10.4. The lowest BCUT2D eigenvalue weighted by atomic mass is 10.1. The molecular formula is C23H18N4O2S3. The highest BCUT2D eigenvalue weighted by molar-refractivity contribution is 7.99. The molecule has 2 N–H and O–H groups in total. The van der Waals surface area contributed by atoms with Crippen molar-refractivity contribution >= 4 is 66.5 Å². The molecular weight excluding hydrogens is 460 g/mol. The zero-order valence-electron chi connectivity index (χ0n) is 17.3. The number of aromatic nitrogens is 3. The Kier molecular flexibility index (Phi) is 5.54. The molecule has 6 nitrogen and oxygen atoms in total. The van der Waals surface area contributed by atoms with E-state index in [1.165, 1.54) is 28.7 Å². The number of thiophene rings is 1. The number of thiazole rings is 1. The maximum atomic E-state index is 12.8. The summed E-state index contributed by atoms with van der Waals surface area (Å²) in [4.78, 5) is 37.7. The number of aryl methyl sites for hydroxylation is 2. The topological polar surface area (TPSA) is 87.7 Å². The van der Waals surface area contributed by atoms with Crippen molar-refractivity contribution < 1.29 is 4.79 Å². The summed E-state index contributed by atoms with van der Waals surface area (Å²) in [5, 5.41) is 6.86. The maximum Gasteiger partial charge on any atom is 0.260 e. The molecule has 3 aromatic heterocycles. The van der Waals surface area contributed by atoms with Gasteiger partial charge in [0.15, 0.2) is 5.16 Å². The van der Waals surface area contributed by atoms with E-state index in [1.54, 1.807) is 11.3 Å². The van der Waals surface area contributed by atoms with Gasteiger partial charge >= 0.3 is 0 Å². The second-order valence-electron chi connectivity index (χ2n) is 7.32. The second kappa shape index (κ2) is 8.50. The van der Waals surface area contributed by atoms with Crippen LogP contribution in [0.4, 0.5) is 5.69 Å². The predicted molar refractivity (Wildman–Crippen MR) is 134 cm³/mol. The standard InChI is InChI=1S/C23H18N4O2S3/c1-12-3-5-14(6-4-12)16-10-30-22-20(16)21(29)26-23(27-22)31-11-19(28)25-15-7-8-17-18(9-15)32-13(2)24-17/h3-10H,11H2,1-2H3,(H,25,28)(H,26,27,29). The van der Waals surface area contributed by atoms with Gasteiger partial charge in [-0.15, -0.1) is 22.7 Å². The molecule has 5 aromatic rings. The highest BCUT2D eigenvalue weighted by atomic mass is 32.2. The Morgan fingerprint density at radius 2 is 1.94 bits per heavy atom. The Bertz CT molecular complexity index is 1520. The Balaban J connectivity index is 1.31. The smallest absolute Gasteiger partial charge is 0.260 e. The summed E-state index contributed by atoms with van der Waals surface area (Å²) in [6.45, 7) is 3.99. The van der Waals surface area contributed by atoms with Crippen LogP contribution in [0.3, 0.4) is 0 Å². The number of amides is 1. The minimum absolute atomic E-state index is 0.143. The monoisotopic (exact) mass is 478 g/mol. The van der Waals surface area contributed by atoms with Crippen molar-refractivity contribution in [1.82, 2.24) is 15.0 Å². The number of anilines is 1. The molecule has 0 radical (unpaired) electrons. The zero-order chi connectivity index (χ0) is 22.2. The molecule has 0 unspecified atom stereocenters. The number of hydrogen-bond acceptors (Lipinski definition) is 7. The van der Waals surface area contributed by atoms with Crippen LogP contribution in [0.25, 0.3) is 31.6 Å². The summed E-state index contributed by atoms with van der Waals surface area (Å²) < 4.78 is 1.03. The number of rotatable bonds is 5. The van der Waals surface area contributed by atoms with E-state index in [4.69, 9.17) is 0 Å². The molecule has 0 aliphatic carbocycles. The molecule has 9 heteroatoms. The van der Waals surface area contributed by atoms with E-state index in [-0.39, 0.29) is 17.2 Å². The number of nitrogens with zero attached hydrogens (tertiary/aromatic N) is 2. The largest absolute Gasteiger partial charge is 0.325 e. The van der Waals surface area contributed by atoms with Crippen molar-refractivity contribution in [2.45, 2.75) is 19.0 Å². The summed E-state index contributed by atoms with van der Waals surface area (Å²) in [7, 11) is 0. The summed E-state index contributed by atoms with van der Waals surface area (Å²) in [6.07, 6.45) is 0. The molecule has 5 rings (SSSR count). The lowest BCUT2D eigenvalue weighted by Crippen LogP contribution is -2.15. The number of thioether (sulfide) groups is 1. The molecule has 0 fully saturated rings.